The summed E-state index contributed by atoms with van der Waals surface area (Å²) in [4.78, 5) is 15.6. The highest BCUT2D eigenvalue weighted by atomic mass is 16.3. The molecule has 0 unspecified atom stereocenters. The van der Waals surface area contributed by atoms with Crippen molar-refractivity contribution in [3.05, 3.63) is 53.7 Å². The van der Waals surface area contributed by atoms with E-state index in [0.29, 0.717) is 5.56 Å². The van der Waals surface area contributed by atoms with Gasteiger partial charge in [-0.1, -0.05) is 31.2 Å². The lowest BCUT2D eigenvalue weighted by atomic mass is 10.1. The van der Waals surface area contributed by atoms with E-state index in [0.717, 1.165) is 6.42 Å². The minimum atomic E-state index is -0.178. The van der Waals surface area contributed by atoms with Crippen molar-refractivity contribution >= 4 is 5.78 Å². The fourth-order valence-electron chi connectivity index (χ4n) is 1.35. The molecule has 1 aromatic heterocycles. The van der Waals surface area contributed by atoms with E-state index in [1.165, 1.54) is 18.0 Å². The Balaban J connectivity index is 2.27. The first kappa shape index (κ1) is 9.65. The molecule has 1 heterocycles. The number of aryl methyl sites for hydroxylation is 1. The molecule has 0 bridgehead atoms. The van der Waals surface area contributed by atoms with Crippen molar-refractivity contribution in [2.45, 2.75) is 13.3 Å². The van der Waals surface area contributed by atoms with Gasteiger partial charge < -0.3 is 4.42 Å². The van der Waals surface area contributed by atoms with Crippen molar-refractivity contribution in [3.8, 4) is 0 Å². The Morgan fingerprint density at radius 2 is 2.07 bits per heavy atom. The van der Waals surface area contributed by atoms with Crippen molar-refractivity contribution in [2.75, 3.05) is 0 Å². The van der Waals surface area contributed by atoms with Crippen LogP contribution in [0.15, 0.2) is 41.1 Å². The van der Waals surface area contributed by atoms with Gasteiger partial charge in [0.15, 0.2) is 0 Å². The van der Waals surface area contributed by atoms with Gasteiger partial charge in [0.25, 0.3) is 5.89 Å². The molecule has 0 aliphatic heterocycles. The lowest BCUT2D eigenvalue weighted by Gasteiger charge is -1.98. The maximum absolute atomic E-state index is 11.8. The highest BCUT2D eigenvalue weighted by Crippen LogP contribution is 2.09. The van der Waals surface area contributed by atoms with Crippen molar-refractivity contribution in [3.63, 3.8) is 0 Å². The highest BCUT2D eigenvalue weighted by molar-refractivity contribution is 6.05. The van der Waals surface area contributed by atoms with Crippen LogP contribution in [0.2, 0.25) is 0 Å². The molecule has 0 spiro atoms. The molecule has 2 rings (SSSR count). The van der Waals surface area contributed by atoms with Gasteiger partial charge in [0.1, 0.15) is 6.26 Å². The molecule has 3 heteroatoms. The molecule has 0 aliphatic rings. The van der Waals surface area contributed by atoms with E-state index in [1.807, 2.05) is 12.1 Å². The predicted molar refractivity (Wildman–Crippen MR) is 55.8 cm³/mol. The number of ketones is 1. The molecular weight excluding hydrogens is 190 g/mol. The third-order valence-corrected chi connectivity index (χ3v) is 2.25. The first-order valence-electron chi connectivity index (χ1n) is 4.84. The first-order chi connectivity index (χ1) is 7.31. The second-order valence-corrected chi connectivity index (χ2v) is 3.22. The average Bonchev–Trinajstić information content (AvgIpc) is 2.82. The van der Waals surface area contributed by atoms with Crippen LogP contribution < -0.4 is 0 Å². The number of carbonyl (C=O) groups is 1. The van der Waals surface area contributed by atoms with Gasteiger partial charge in [0.2, 0.25) is 5.78 Å². The summed E-state index contributed by atoms with van der Waals surface area (Å²) in [6, 6.07) is 7.48. The summed E-state index contributed by atoms with van der Waals surface area (Å²) in [7, 11) is 0. The maximum atomic E-state index is 11.8. The van der Waals surface area contributed by atoms with Crippen molar-refractivity contribution in [2.24, 2.45) is 0 Å². The maximum Gasteiger partial charge on any atom is 0.268 e. The predicted octanol–water partition coefficient (Wildman–Crippen LogP) is 2.47. The van der Waals surface area contributed by atoms with E-state index < -0.39 is 0 Å². The van der Waals surface area contributed by atoms with Gasteiger partial charge in [-0.05, 0) is 12.0 Å². The summed E-state index contributed by atoms with van der Waals surface area (Å²) in [6.45, 7) is 2.07. The molecule has 0 saturated carbocycles. The second kappa shape index (κ2) is 4.09. The van der Waals surface area contributed by atoms with Gasteiger partial charge >= 0.3 is 0 Å². The summed E-state index contributed by atoms with van der Waals surface area (Å²) in [6.07, 6.45) is 3.83. The minimum Gasteiger partial charge on any atom is -0.442 e. The van der Waals surface area contributed by atoms with Crippen LogP contribution in [0.1, 0.15) is 28.7 Å². The summed E-state index contributed by atoms with van der Waals surface area (Å²) in [5.74, 6) is -0.0399. The number of benzene rings is 1. The zero-order valence-corrected chi connectivity index (χ0v) is 8.43. The summed E-state index contributed by atoms with van der Waals surface area (Å²) < 4.78 is 4.95. The smallest absolute Gasteiger partial charge is 0.268 e. The highest BCUT2D eigenvalue weighted by Gasteiger charge is 2.12. The van der Waals surface area contributed by atoms with Gasteiger partial charge in [0, 0.05) is 5.56 Å². The first-order valence-corrected chi connectivity index (χ1v) is 4.84. The van der Waals surface area contributed by atoms with Gasteiger partial charge in [-0.15, -0.1) is 0 Å². The fourth-order valence-corrected chi connectivity index (χ4v) is 1.35. The fraction of sp³-hybridized carbons (Fsp3) is 0.167. The number of nitrogens with zero attached hydrogens (tertiary/aromatic N) is 1. The molecular formula is C12H11NO2. The summed E-state index contributed by atoms with van der Waals surface area (Å²) in [5, 5.41) is 0. The molecule has 0 amide bonds. The largest absolute Gasteiger partial charge is 0.442 e. The lowest BCUT2D eigenvalue weighted by Crippen LogP contribution is -2.01. The van der Waals surface area contributed by atoms with Crippen molar-refractivity contribution in [1.29, 1.82) is 0 Å². The Morgan fingerprint density at radius 3 is 2.60 bits per heavy atom. The second-order valence-electron chi connectivity index (χ2n) is 3.22. The van der Waals surface area contributed by atoms with Crippen LogP contribution in [0.25, 0.3) is 0 Å². The number of hydrogen-bond donors (Lipinski definition) is 0. The van der Waals surface area contributed by atoms with E-state index in [-0.39, 0.29) is 11.7 Å². The molecule has 0 aliphatic carbocycles. The molecule has 1 aromatic carbocycles. The monoisotopic (exact) mass is 201 g/mol. The van der Waals surface area contributed by atoms with E-state index in [4.69, 9.17) is 4.42 Å². The standard InChI is InChI=1S/C12H11NO2/c1-2-9-3-5-10(6-4-9)11(14)12-13-7-8-15-12/h3-8H,2H2,1H3. The third kappa shape index (κ3) is 1.96. The molecule has 0 saturated heterocycles. The Bertz CT molecular complexity index is 443. The van der Waals surface area contributed by atoms with E-state index in [9.17, 15) is 4.79 Å². The summed E-state index contributed by atoms with van der Waals surface area (Å²) in [5.41, 5.74) is 1.81. The van der Waals surface area contributed by atoms with E-state index in [2.05, 4.69) is 11.9 Å². The SMILES string of the molecule is CCc1ccc(C(=O)c2ncco2)cc1. The van der Waals surface area contributed by atoms with Crippen LogP contribution in [-0.2, 0) is 6.42 Å². The quantitative estimate of drug-likeness (QED) is 0.716. The number of aromatic nitrogens is 1. The zero-order chi connectivity index (χ0) is 10.7. The molecule has 76 valence electrons. The van der Waals surface area contributed by atoms with E-state index in [1.54, 1.807) is 12.1 Å². The molecule has 0 radical (unpaired) electrons. The van der Waals surface area contributed by atoms with Crippen LogP contribution in [0.3, 0.4) is 0 Å². The van der Waals surface area contributed by atoms with Gasteiger partial charge in [-0.25, -0.2) is 4.98 Å². The Morgan fingerprint density at radius 1 is 1.33 bits per heavy atom. The van der Waals surface area contributed by atoms with Crippen LogP contribution in [0.5, 0.6) is 0 Å². The third-order valence-electron chi connectivity index (χ3n) is 2.25. The van der Waals surface area contributed by atoms with E-state index >= 15 is 0 Å². The number of carbonyl (C=O) groups excluding carboxylic acids is 1. The topological polar surface area (TPSA) is 43.1 Å². The Kier molecular flexibility index (Phi) is 2.63. The molecule has 3 nitrogen and oxygen atoms in total. The average molecular weight is 201 g/mol. The molecule has 2 aromatic rings. The van der Waals surface area contributed by atoms with Crippen molar-refractivity contribution in [1.82, 2.24) is 4.98 Å². The van der Waals surface area contributed by atoms with Gasteiger partial charge in [0.05, 0.1) is 6.20 Å². The summed E-state index contributed by atoms with van der Waals surface area (Å²) >= 11 is 0. The number of hydrogen-bond acceptors (Lipinski definition) is 3. The molecule has 15 heavy (non-hydrogen) atoms. The van der Waals surface area contributed by atoms with Crippen LogP contribution >= 0.6 is 0 Å². The molecule has 0 fully saturated rings. The molecule has 0 atom stereocenters. The minimum absolute atomic E-state index is 0.138. The van der Waals surface area contributed by atoms with Crippen molar-refractivity contribution < 1.29 is 9.21 Å². The Labute approximate surface area is 87.8 Å². The van der Waals surface area contributed by atoms with Crippen LogP contribution in [0.4, 0.5) is 0 Å². The zero-order valence-electron chi connectivity index (χ0n) is 8.43. The Hall–Kier alpha value is -1.90. The number of rotatable bonds is 3. The van der Waals surface area contributed by atoms with Crippen LogP contribution in [0, 0.1) is 0 Å². The van der Waals surface area contributed by atoms with Gasteiger partial charge in [-0.2, -0.15) is 0 Å². The van der Waals surface area contributed by atoms with Gasteiger partial charge in [-0.3, -0.25) is 4.79 Å². The molecule has 0 N–H and O–H groups in total. The van der Waals surface area contributed by atoms with Crippen LogP contribution in [-0.4, -0.2) is 10.8 Å². The number of oxazole rings is 1. The normalized spacial score (nSPS) is 10.2. The lowest BCUT2D eigenvalue weighted by molar-refractivity contribution is 0.100.